The van der Waals surface area contributed by atoms with E-state index < -0.39 is 11.7 Å². The Morgan fingerprint density at radius 2 is 2.12 bits per heavy atom. The van der Waals surface area contributed by atoms with E-state index in [4.69, 9.17) is 9.47 Å². The van der Waals surface area contributed by atoms with Crippen LogP contribution in [0.5, 0.6) is 5.75 Å². The first-order valence-electron chi connectivity index (χ1n) is 5.52. The summed E-state index contributed by atoms with van der Waals surface area (Å²) in [6.45, 7) is 1.93. The molecule has 1 aromatic carbocycles. The summed E-state index contributed by atoms with van der Waals surface area (Å²) in [5, 5.41) is 10.0. The second-order valence-corrected chi connectivity index (χ2v) is 4.39. The molecule has 0 aromatic heterocycles. The molecule has 0 radical (unpaired) electrons. The Hall–Kier alpha value is -1.06. The highest BCUT2D eigenvalue weighted by molar-refractivity contribution is 5.41. The van der Waals surface area contributed by atoms with Gasteiger partial charge in [-0.15, -0.1) is 0 Å². The van der Waals surface area contributed by atoms with Gasteiger partial charge >= 0.3 is 0 Å². The summed E-state index contributed by atoms with van der Waals surface area (Å²) in [5.41, 5.74) is 1.67. The van der Waals surface area contributed by atoms with Crippen LogP contribution in [-0.2, 0) is 16.8 Å². The molecule has 0 aliphatic heterocycles. The van der Waals surface area contributed by atoms with E-state index in [1.807, 2.05) is 25.1 Å². The number of ether oxygens (including phenoxy) is 2. The summed E-state index contributed by atoms with van der Waals surface area (Å²) in [7, 11) is 3.30. The first-order valence-corrected chi connectivity index (χ1v) is 5.52. The Labute approximate surface area is 96.0 Å². The lowest BCUT2D eigenvalue weighted by Crippen LogP contribution is -2.42. The normalized spacial score (nSPS) is 28.6. The minimum atomic E-state index is -0.597. The van der Waals surface area contributed by atoms with Gasteiger partial charge in [0.1, 0.15) is 11.4 Å². The lowest BCUT2D eigenvalue weighted by Gasteiger charge is -2.39. The van der Waals surface area contributed by atoms with Crippen LogP contribution in [0.2, 0.25) is 0 Å². The number of hydrogen-bond donors (Lipinski definition) is 1. The van der Waals surface area contributed by atoms with E-state index in [-0.39, 0.29) is 0 Å². The van der Waals surface area contributed by atoms with Gasteiger partial charge in [-0.1, -0.05) is 6.07 Å². The number of aryl methyl sites for hydroxylation is 1. The van der Waals surface area contributed by atoms with Crippen molar-refractivity contribution in [3.8, 4) is 5.75 Å². The van der Waals surface area contributed by atoms with E-state index in [0.717, 1.165) is 24.2 Å². The maximum Gasteiger partial charge on any atom is 0.119 e. The van der Waals surface area contributed by atoms with Gasteiger partial charge in [0.05, 0.1) is 13.2 Å². The third-order valence-electron chi connectivity index (χ3n) is 3.59. The van der Waals surface area contributed by atoms with E-state index in [1.54, 1.807) is 14.2 Å². The number of rotatable bonds is 2. The zero-order chi connectivity index (χ0) is 11.8. The van der Waals surface area contributed by atoms with E-state index >= 15 is 0 Å². The molecule has 1 aromatic rings. The van der Waals surface area contributed by atoms with Crippen molar-refractivity contribution in [2.45, 2.75) is 31.5 Å². The smallest absolute Gasteiger partial charge is 0.119 e. The summed E-state index contributed by atoms with van der Waals surface area (Å²) < 4.78 is 10.7. The Bertz CT molecular complexity index is 389. The zero-order valence-electron chi connectivity index (χ0n) is 9.99. The lowest BCUT2D eigenvalue weighted by molar-refractivity contribution is -0.104. The number of aliphatic hydroxyl groups is 1. The summed E-state index contributed by atoms with van der Waals surface area (Å²) in [5.74, 6) is 0.855. The average Bonchev–Trinajstić information content (AvgIpc) is 2.33. The molecule has 0 saturated heterocycles. The number of aliphatic hydroxyl groups excluding tert-OH is 1. The highest BCUT2D eigenvalue weighted by Gasteiger charge is 2.39. The van der Waals surface area contributed by atoms with E-state index in [2.05, 4.69) is 0 Å². The van der Waals surface area contributed by atoms with E-state index in [1.165, 1.54) is 5.56 Å². The van der Waals surface area contributed by atoms with Gasteiger partial charge in [-0.05, 0) is 43.0 Å². The van der Waals surface area contributed by atoms with Crippen LogP contribution in [-0.4, -0.2) is 25.4 Å². The lowest BCUT2D eigenvalue weighted by atomic mass is 9.78. The molecule has 3 nitrogen and oxygen atoms in total. The van der Waals surface area contributed by atoms with Crippen molar-refractivity contribution in [3.05, 3.63) is 29.3 Å². The van der Waals surface area contributed by atoms with Crippen LogP contribution < -0.4 is 4.74 Å². The summed E-state index contributed by atoms with van der Waals surface area (Å²) in [4.78, 5) is 0. The quantitative estimate of drug-likeness (QED) is 0.830. The van der Waals surface area contributed by atoms with Crippen molar-refractivity contribution in [3.63, 3.8) is 0 Å². The number of fused-ring (bicyclic) bond motifs is 1. The molecule has 1 aliphatic rings. The number of hydrogen-bond acceptors (Lipinski definition) is 3. The molecular weight excluding hydrogens is 204 g/mol. The average molecular weight is 222 g/mol. The largest absolute Gasteiger partial charge is 0.497 e. The van der Waals surface area contributed by atoms with Crippen LogP contribution in [0.4, 0.5) is 0 Å². The molecule has 0 spiro atoms. The Morgan fingerprint density at radius 1 is 1.38 bits per heavy atom. The second kappa shape index (κ2) is 4.07. The van der Waals surface area contributed by atoms with Crippen LogP contribution in [0, 0.1) is 0 Å². The fourth-order valence-electron chi connectivity index (χ4n) is 2.38. The van der Waals surface area contributed by atoms with Gasteiger partial charge in [-0.3, -0.25) is 0 Å². The summed E-state index contributed by atoms with van der Waals surface area (Å²) >= 11 is 0. The minimum absolute atomic E-state index is 0.446. The molecule has 0 amide bonds. The van der Waals surface area contributed by atoms with Crippen LogP contribution in [0.25, 0.3) is 0 Å². The van der Waals surface area contributed by atoms with Crippen molar-refractivity contribution in [2.24, 2.45) is 0 Å². The molecule has 0 heterocycles. The van der Waals surface area contributed by atoms with Gasteiger partial charge in [0, 0.05) is 7.11 Å². The first-order chi connectivity index (χ1) is 7.61. The molecule has 1 aliphatic carbocycles. The van der Waals surface area contributed by atoms with Crippen LogP contribution in [0.1, 0.15) is 24.5 Å². The van der Waals surface area contributed by atoms with E-state index in [0.29, 0.717) is 0 Å². The predicted molar refractivity (Wildman–Crippen MR) is 61.7 cm³/mol. The van der Waals surface area contributed by atoms with Crippen LogP contribution in [0.15, 0.2) is 18.2 Å². The molecule has 0 saturated carbocycles. The Kier molecular flexibility index (Phi) is 2.91. The fourth-order valence-corrected chi connectivity index (χ4v) is 2.38. The Balaban J connectivity index is 2.49. The maximum absolute atomic E-state index is 10.0. The van der Waals surface area contributed by atoms with Crippen molar-refractivity contribution in [1.82, 2.24) is 0 Å². The topological polar surface area (TPSA) is 38.7 Å². The van der Waals surface area contributed by atoms with Gasteiger partial charge in [0.15, 0.2) is 0 Å². The first kappa shape index (κ1) is 11.4. The molecule has 16 heavy (non-hydrogen) atoms. The molecule has 0 fully saturated rings. The molecule has 2 atom stereocenters. The Morgan fingerprint density at radius 3 is 2.75 bits per heavy atom. The summed E-state index contributed by atoms with van der Waals surface area (Å²) in [6, 6.07) is 5.92. The highest BCUT2D eigenvalue weighted by Crippen LogP contribution is 2.39. The van der Waals surface area contributed by atoms with E-state index in [9.17, 15) is 5.11 Å². The van der Waals surface area contributed by atoms with Gasteiger partial charge in [-0.25, -0.2) is 0 Å². The standard InChI is InChI=1S/C13H18O3/c1-13(16-3)11-6-5-10(15-2)8-9(11)4-7-12(13)14/h5-6,8,12,14H,4,7H2,1-3H3. The van der Waals surface area contributed by atoms with Crippen LogP contribution in [0.3, 0.4) is 0 Å². The third kappa shape index (κ3) is 1.60. The highest BCUT2D eigenvalue weighted by atomic mass is 16.5. The van der Waals surface area contributed by atoms with Crippen molar-refractivity contribution < 1.29 is 14.6 Å². The van der Waals surface area contributed by atoms with Gasteiger partial charge in [-0.2, -0.15) is 0 Å². The molecule has 88 valence electrons. The minimum Gasteiger partial charge on any atom is -0.497 e. The van der Waals surface area contributed by atoms with Crippen molar-refractivity contribution >= 4 is 0 Å². The molecule has 1 N–H and O–H groups in total. The van der Waals surface area contributed by atoms with Gasteiger partial charge < -0.3 is 14.6 Å². The third-order valence-corrected chi connectivity index (χ3v) is 3.59. The van der Waals surface area contributed by atoms with Gasteiger partial charge in [0.2, 0.25) is 0 Å². The molecular formula is C13H18O3. The van der Waals surface area contributed by atoms with Crippen molar-refractivity contribution in [2.75, 3.05) is 14.2 Å². The number of methoxy groups -OCH3 is 2. The fraction of sp³-hybridized carbons (Fsp3) is 0.538. The molecule has 0 bridgehead atoms. The molecule has 2 unspecified atom stereocenters. The molecule has 3 heteroatoms. The predicted octanol–water partition coefficient (Wildman–Crippen LogP) is 1.86. The number of benzene rings is 1. The van der Waals surface area contributed by atoms with Crippen molar-refractivity contribution in [1.29, 1.82) is 0 Å². The SMILES string of the molecule is COc1ccc2c(c1)CCC(O)C2(C)OC. The molecule has 2 rings (SSSR count). The monoisotopic (exact) mass is 222 g/mol. The van der Waals surface area contributed by atoms with Crippen LogP contribution >= 0.6 is 0 Å². The summed E-state index contributed by atoms with van der Waals surface area (Å²) in [6.07, 6.45) is 1.15. The second-order valence-electron chi connectivity index (χ2n) is 4.39. The zero-order valence-corrected chi connectivity index (χ0v) is 9.99. The van der Waals surface area contributed by atoms with Gasteiger partial charge in [0.25, 0.3) is 0 Å². The maximum atomic E-state index is 10.0.